The summed E-state index contributed by atoms with van der Waals surface area (Å²) >= 11 is 0. The van der Waals surface area contributed by atoms with Gasteiger partial charge in [-0.1, -0.05) is 59.5 Å². The van der Waals surface area contributed by atoms with Crippen LogP contribution in [0.15, 0.2) is 12.7 Å². The van der Waals surface area contributed by atoms with Crippen LogP contribution in [0.4, 0.5) is 8.78 Å². The fourth-order valence-electron chi connectivity index (χ4n) is 2.18. The fraction of sp³-hybridized carbons (Fsp3) is 0.789. The number of terminal acetylenes is 1. The Balaban J connectivity index is 0. The Morgan fingerprint density at radius 2 is 1.52 bits per heavy atom. The molecule has 0 heterocycles. The Hall–Kier alpha value is -0.840. The molecule has 21 heavy (non-hydrogen) atoms. The van der Waals surface area contributed by atoms with Gasteiger partial charge in [0.1, 0.15) is 13.3 Å². The van der Waals surface area contributed by atoms with Crippen LogP contribution in [0, 0.1) is 36.0 Å². The molecule has 124 valence electrons. The van der Waals surface area contributed by atoms with E-state index in [2.05, 4.69) is 40.2 Å². The van der Waals surface area contributed by atoms with E-state index in [0.29, 0.717) is 5.92 Å². The van der Waals surface area contributed by atoms with Crippen molar-refractivity contribution in [3.63, 3.8) is 0 Å². The SMILES string of the molecule is C#CC(CF)C(C)CCC(C)C(C)CCCC.C=CCF. The molecule has 0 aliphatic heterocycles. The highest BCUT2D eigenvalue weighted by Gasteiger charge is 2.17. The first-order chi connectivity index (χ1) is 9.98. The Kier molecular flexibility index (Phi) is 16.6. The molecule has 0 aromatic rings. The minimum Gasteiger partial charge on any atom is -0.250 e. The number of allylic oxidation sites excluding steroid dienone is 1. The Morgan fingerprint density at radius 3 is 1.90 bits per heavy atom. The Labute approximate surface area is 131 Å². The third kappa shape index (κ3) is 12.6. The molecule has 0 nitrogen and oxygen atoms in total. The maximum absolute atomic E-state index is 12.6. The molecular weight excluding hydrogens is 266 g/mol. The average molecular weight is 300 g/mol. The van der Waals surface area contributed by atoms with Gasteiger partial charge in [0.15, 0.2) is 0 Å². The lowest BCUT2D eigenvalue weighted by molar-refractivity contribution is 0.271. The molecule has 0 radical (unpaired) electrons. The average Bonchev–Trinajstić information content (AvgIpc) is 2.51. The molecule has 4 atom stereocenters. The zero-order valence-electron chi connectivity index (χ0n) is 14.4. The van der Waals surface area contributed by atoms with Crippen molar-refractivity contribution in [3.8, 4) is 12.3 Å². The van der Waals surface area contributed by atoms with E-state index >= 15 is 0 Å². The number of hydrogen-bond donors (Lipinski definition) is 0. The number of halogens is 2. The van der Waals surface area contributed by atoms with Crippen LogP contribution < -0.4 is 0 Å². The highest BCUT2D eigenvalue weighted by molar-refractivity contribution is 4.95. The highest BCUT2D eigenvalue weighted by Crippen LogP contribution is 2.26. The molecule has 0 rings (SSSR count). The topological polar surface area (TPSA) is 0 Å². The Morgan fingerprint density at radius 1 is 1.05 bits per heavy atom. The molecule has 0 amide bonds. The van der Waals surface area contributed by atoms with E-state index in [9.17, 15) is 8.78 Å². The Bertz CT molecular complexity index is 267. The third-order valence-electron chi connectivity index (χ3n) is 4.24. The summed E-state index contributed by atoms with van der Waals surface area (Å²) in [6.45, 7) is 11.3. The van der Waals surface area contributed by atoms with E-state index in [1.165, 1.54) is 31.8 Å². The first-order valence-electron chi connectivity index (χ1n) is 8.17. The lowest BCUT2D eigenvalue weighted by Gasteiger charge is -2.23. The summed E-state index contributed by atoms with van der Waals surface area (Å²) in [4.78, 5) is 0. The van der Waals surface area contributed by atoms with E-state index in [1.807, 2.05) is 0 Å². The minimum atomic E-state index is -0.417. The van der Waals surface area contributed by atoms with Gasteiger partial charge < -0.3 is 0 Å². The van der Waals surface area contributed by atoms with Crippen molar-refractivity contribution in [3.05, 3.63) is 12.7 Å². The van der Waals surface area contributed by atoms with Crippen LogP contribution in [0.5, 0.6) is 0 Å². The second-order valence-corrected chi connectivity index (χ2v) is 6.02. The lowest BCUT2D eigenvalue weighted by Crippen LogP contribution is -2.15. The van der Waals surface area contributed by atoms with Gasteiger partial charge in [-0.15, -0.1) is 18.9 Å². The van der Waals surface area contributed by atoms with Gasteiger partial charge in [-0.3, -0.25) is 0 Å². The maximum atomic E-state index is 12.6. The second kappa shape index (κ2) is 15.5. The number of hydrogen-bond acceptors (Lipinski definition) is 0. The largest absolute Gasteiger partial charge is 0.250 e. The van der Waals surface area contributed by atoms with E-state index in [4.69, 9.17) is 6.42 Å². The molecule has 0 saturated heterocycles. The summed E-state index contributed by atoms with van der Waals surface area (Å²) in [5, 5.41) is 0. The molecule has 0 fully saturated rings. The van der Waals surface area contributed by atoms with Crippen LogP contribution in [-0.2, 0) is 0 Å². The third-order valence-corrected chi connectivity index (χ3v) is 4.24. The van der Waals surface area contributed by atoms with E-state index in [1.54, 1.807) is 0 Å². The van der Waals surface area contributed by atoms with E-state index in [-0.39, 0.29) is 12.6 Å². The van der Waals surface area contributed by atoms with Gasteiger partial charge in [0.05, 0.1) is 5.92 Å². The van der Waals surface area contributed by atoms with Crippen LogP contribution >= 0.6 is 0 Å². The molecule has 0 aliphatic carbocycles. The van der Waals surface area contributed by atoms with Gasteiger partial charge in [-0.2, -0.15) is 0 Å². The van der Waals surface area contributed by atoms with Gasteiger partial charge in [-0.05, 0) is 24.2 Å². The lowest BCUT2D eigenvalue weighted by atomic mass is 9.83. The highest BCUT2D eigenvalue weighted by atomic mass is 19.1. The molecule has 0 aromatic carbocycles. The number of alkyl halides is 2. The molecule has 0 aliphatic rings. The van der Waals surface area contributed by atoms with Crippen molar-refractivity contribution < 1.29 is 8.78 Å². The van der Waals surface area contributed by atoms with Crippen LogP contribution in [0.1, 0.15) is 59.8 Å². The molecule has 0 bridgehead atoms. The summed E-state index contributed by atoms with van der Waals surface area (Å²) in [5.41, 5.74) is 0. The molecule has 0 spiro atoms. The monoisotopic (exact) mass is 300 g/mol. The molecule has 2 heteroatoms. The van der Waals surface area contributed by atoms with Crippen LogP contribution in [-0.4, -0.2) is 13.3 Å². The van der Waals surface area contributed by atoms with Gasteiger partial charge in [0.2, 0.25) is 0 Å². The summed E-state index contributed by atoms with van der Waals surface area (Å²) in [6.07, 6.45) is 12.7. The number of rotatable bonds is 10. The normalized spacial score (nSPS) is 15.9. The van der Waals surface area contributed by atoms with Crippen LogP contribution in [0.3, 0.4) is 0 Å². The standard InChI is InChI=1S/C16H29F.C3H5F/c1-6-8-9-13(3)14(4)10-11-15(5)16(7-2)12-17;1-2-3-4/h2,13-16H,6,8-12H2,1,3-5H3;2H,1,3H2. The van der Waals surface area contributed by atoms with Gasteiger partial charge in [-0.25, -0.2) is 8.78 Å². The fourth-order valence-corrected chi connectivity index (χ4v) is 2.18. The smallest absolute Gasteiger partial charge is 0.107 e. The van der Waals surface area contributed by atoms with Crippen LogP contribution in [0.2, 0.25) is 0 Å². The first kappa shape index (κ1) is 22.4. The summed E-state index contributed by atoms with van der Waals surface area (Å²) in [6, 6.07) is 0. The quantitative estimate of drug-likeness (QED) is 0.331. The van der Waals surface area contributed by atoms with Crippen molar-refractivity contribution in [2.75, 3.05) is 13.3 Å². The number of unbranched alkanes of at least 4 members (excludes halogenated alkanes) is 1. The predicted octanol–water partition coefficient (Wildman–Crippen LogP) is 6.23. The molecule has 0 aromatic heterocycles. The zero-order chi connectivity index (χ0) is 16.7. The van der Waals surface area contributed by atoms with Crippen molar-refractivity contribution in [2.24, 2.45) is 23.7 Å². The molecule has 0 saturated carbocycles. The minimum absolute atomic E-state index is 0.187. The van der Waals surface area contributed by atoms with Gasteiger partial charge in [0, 0.05) is 0 Å². The van der Waals surface area contributed by atoms with E-state index < -0.39 is 6.67 Å². The first-order valence-corrected chi connectivity index (χ1v) is 8.17. The van der Waals surface area contributed by atoms with Crippen molar-refractivity contribution in [1.29, 1.82) is 0 Å². The predicted molar refractivity (Wildman–Crippen MR) is 90.7 cm³/mol. The van der Waals surface area contributed by atoms with Crippen molar-refractivity contribution in [2.45, 2.75) is 59.8 Å². The van der Waals surface area contributed by atoms with Crippen LogP contribution in [0.25, 0.3) is 0 Å². The molecule has 0 N–H and O–H groups in total. The molecule has 4 unspecified atom stereocenters. The maximum Gasteiger partial charge on any atom is 0.107 e. The second-order valence-electron chi connectivity index (χ2n) is 6.02. The zero-order valence-corrected chi connectivity index (χ0v) is 14.4. The van der Waals surface area contributed by atoms with Gasteiger partial charge in [0.25, 0.3) is 0 Å². The summed E-state index contributed by atoms with van der Waals surface area (Å²) in [5.74, 6) is 4.19. The molecular formula is C19H34F2. The summed E-state index contributed by atoms with van der Waals surface area (Å²) < 4.78 is 23.2. The van der Waals surface area contributed by atoms with E-state index in [0.717, 1.165) is 18.3 Å². The van der Waals surface area contributed by atoms with Gasteiger partial charge >= 0.3 is 0 Å². The van der Waals surface area contributed by atoms with Crippen molar-refractivity contribution in [1.82, 2.24) is 0 Å². The van der Waals surface area contributed by atoms with Crippen molar-refractivity contribution >= 4 is 0 Å². The summed E-state index contributed by atoms with van der Waals surface area (Å²) in [7, 11) is 0.